The van der Waals surface area contributed by atoms with Crippen LogP contribution in [0.15, 0.2) is 60.8 Å². The third-order valence-electron chi connectivity index (χ3n) is 4.60. The van der Waals surface area contributed by atoms with E-state index in [1.807, 2.05) is 54.6 Å². The molecule has 0 aliphatic rings. The highest BCUT2D eigenvalue weighted by atomic mass is 16.3. The van der Waals surface area contributed by atoms with Crippen molar-refractivity contribution >= 4 is 16.7 Å². The van der Waals surface area contributed by atoms with Crippen molar-refractivity contribution in [2.24, 2.45) is 0 Å². The predicted molar refractivity (Wildman–Crippen MR) is 101 cm³/mol. The van der Waals surface area contributed by atoms with E-state index >= 15 is 0 Å². The average molecular weight is 333 g/mol. The third-order valence-corrected chi connectivity index (χ3v) is 4.60. The second-order valence-electron chi connectivity index (χ2n) is 6.39. The fourth-order valence-electron chi connectivity index (χ4n) is 3.22. The molecule has 0 aliphatic heterocycles. The zero-order valence-corrected chi connectivity index (χ0v) is 14.5. The molecule has 128 valence electrons. The van der Waals surface area contributed by atoms with E-state index in [1.165, 1.54) is 0 Å². The lowest BCUT2D eigenvalue weighted by atomic mass is 9.85. The molecule has 0 radical (unpaired) electrons. The van der Waals surface area contributed by atoms with Crippen LogP contribution in [0.1, 0.15) is 49.7 Å². The molecule has 0 spiro atoms. The van der Waals surface area contributed by atoms with Gasteiger partial charge in [0.25, 0.3) is 0 Å². The number of phenols is 1. The lowest BCUT2D eigenvalue weighted by molar-refractivity contribution is -0.119. The first-order valence-electron chi connectivity index (χ1n) is 8.84. The van der Waals surface area contributed by atoms with Crippen LogP contribution in [-0.4, -0.2) is 15.9 Å². The monoisotopic (exact) mass is 333 g/mol. The molecule has 1 aromatic heterocycles. The van der Waals surface area contributed by atoms with E-state index in [0.29, 0.717) is 18.4 Å². The summed E-state index contributed by atoms with van der Waals surface area (Å²) in [5, 5.41) is 11.7. The molecular weight excluding hydrogens is 310 g/mol. The van der Waals surface area contributed by atoms with Crippen molar-refractivity contribution in [1.82, 2.24) is 4.98 Å². The topological polar surface area (TPSA) is 50.2 Å². The van der Waals surface area contributed by atoms with E-state index in [2.05, 4.69) is 11.9 Å². The van der Waals surface area contributed by atoms with Gasteiger partial charge in [-0.1, -0.05) is 61.9 Å². The van der Waals surface area contributed by atoms with E-state index < -0.39 is 0 Å². The highest BCUT2D eigenvalue weighted by Gasteiger charge is 2.22. The lowest BCUT2D eigenvalue weighted by Gasteiger charge is -2.19. The molecule has 0 fully saturated rings. The predicted octanol–water partition coefficient (Wildman–Crippen LogP) is 5.22. The van der Waals surface area contributed by atoms with Gasteiger partial charge >= 0.3 is 0 Å². The fraction of sp³-hybridized carbons (Fsp3) is 0.273. The molecule has 1 N–H and O–H groups in total. The maximum absolute atomic E-state index is 12.4. The number of aromatic nitrogens is 1. The highest BCUT2D eigenvalue weighted by Crippen LogP contribution is 2.37. The molecule has 0 saturated carbocycles. The van der Waals surface area contributed by atoms with E-state index in [0.717, 1.165) is 29.4 Å². The van der Waals surface area contributed by atoms with E-state index in [4.69, 9.17) is 0 Å². The Bertz CT molecular complexity index is 858. The van der Waals surface area contributed by atoms with Crippen molar-refractivity contribution in [1.29, 1.82) is 0 Å². The number of fused-ring (bicyclic) bond motifs is 1. The summed E-state index contributed by atoms with van der Waals surface area (Å²) in [6.07, 6.45) is 4.58. The molecule has 0 amide bonds. The van der Waals surface area contributed by atoms with Crippen molar-refractivity contribution in [2.75, 3.05) is 0 Å². The number of Topliss-reactive ketones (excluding diaryl/α,β-unsaturated/α-hetero) is 1. The molecule has 3 heteroatoms. The van der Waals surface area contributed by atoms with Crippen LogP contribution >= 0.6 is 0 Å². The molecule has 3 nitrogen and oxygen atoms in total. The number of ketones is 1. The number of hydrogen-bond acceptors (Lipinski definition) is 3. The van der Waals surface area contributed by atoms with Gasteiger partial charge < -0.3 is 5.11 Å². The minimum absolute atomic E-state index is 0.156. The molecule has 25 heavy (non-hydrogen) atoms. The molecule has 2 aromatic carbocycles. The summed E-state index contributed by atoms with van der Waals surface area (Å²) in [5.74, 6) is 0.253. The standard InChI is InChI=1S/C22H23NO2/c1-2-3-11-18(24)15-20(16-8-5-4-6-9-16)19-13-12-17-10-7-14-23-21(17)22(19)25/h4-10,12-14,20,25H,2-3,11,15H2,1H3. The normalized spacial score (nSPS) is 12.2. The molecule has 0 aliphatic carbocycles. The molecule has 0 bridgehead atoms. The Balaban J connectivity index is 2.02. The number of rotatable bonds is 7. The van der Waals surface area contributed by atoms with Gasteiger partial charge in [0.2, 0.25) is 0 Å². The first-order chi connectivity index (χ1) is 12.2. The average Bonchev–Trinajstić information content (AvgIpc) is 2.66. The van der Waals surface area contributed by atoms with E-state index in [-0.39, 0.29) is 17.5 Å². The molecule has 3 rings (SSSR count). The minimum atomic E-state index is -0.156. The highest BCUT2D eigenvalue weighted by molar-refractivity contribution is 5.86. The number of hydrogen-bond donors (Lipinski definition) is 1. The van der Waals surface area contributed by atoms with E-state index in [9.17, 15) is 9.90 Å². The third kappa shape index (κ3) is 3.87. The lowest BCUT2D eigenvalue weighted by Crippen LogP contribution is -2.09. The van der Waals surface area contributed by atoms with Crippen LogP contribution < -0.4 is 0 Å². The summed E-state index contributed by atoms with van der Waals surface area (Å²) in [5.41, 5.74) is 2.39. The number of benzene rings is 2. The summed E-state index contributed by atoms with van der Waals surface area (Å²) < 4.78 is 0. The Morgan fingerprint density at radius 3 is 2.64 bits per heavy atom. The zero-order chi connectivity index (χ0) is 17.6. The van der Waals surface area contributed by atoms with Crippen LogP contribution in [0, 0.1) is 0 Å². The summed E-state index contributed by atoms with van der Waals surface area (Å²) in [7, 11) is 0. The number of nitrogens with zero attached hydrogens (tertiary/aromatic N) is 1. The Morgan fingerprint density at radius 1 is 1.08 bits per heavy atom. The molecule has 1 heterocycles. The Labute approximate surface area is 148 Å². The van der Waals surface area contributed by atoms with Crippen LogP contribution in [0.2, 0.25) is 0 Å². The maximum atomic E-state index is 12.4. The van der Waals surface area contributed by atoms with Gasteiger partial charge in [-0.2, -0.15) is 0 Å². The largest absolute Gasteiger partial charge is 0.505 e. The van der Waals surface area contributed by atoms with Crippen LogP contribution in [0.4, 0.5) is 0 Å². The number of carbonyl (C=O) groups excluding carboxylic acids is 1. The van der Waals surface area contributed by atoms with Crippen LogP contribution in [0.5, 0.6) is 5.75 Å². The van der Waals surface area contributed by atoms with Gasteiger partial charge in [0.15, 0.2) is 0 Å². The number of unbranched alkanes of at least 4 members (excludes halogenated alkanes) is 1. The molecular formula is C22H23NO2. The zero-order valence-electron chi connectivity index (χ0n) is 14.5. The van der Waals surface area contributed by atoms with Gasteiger partial charge in [0, 0.05) is 35.9 Å². The van der Waals surface area contributed by atoms with Crippen LogP contribution in [0.25, 0.3) is 10.9 Å². The Morgan fingerprint density at radius 2 is 1.88 bits per heavy atom. The first kappa shape index (κ1) is 17.2. The number of carbonyl (C=O) groups is 1. The van der Waals surface area contributed by atoms with Crippen molar-refractivity contribution in [3.8, 4) is 5.75 Å². The number of phenolic OH excluding ortho intramolecular Hbond substituents is 1. The SMILES string of the molecule is CCCCC(=O)CC(c1ccccc1)c1ccc2cccnc2c1O. The Hall–Kier alpha value is -2.68. The van der Waals surface area contributed by atoms with Crippen molar-refractivity contribution in [3.05, 3.63) is 71.9 Å². The second-order valence-corrected chi connectivity index (χ2v) is 6.39. The minimum Gasteiger partial charge on any atom is -0.505 e. The summed E-state index contributed by atoms with van der Waals surface area (Å²) >= 11 is 0. The quantitative estimate of drug-likeness (QED) is 0.645. The van der Waals surface area contributed by atoms with Crippen molar-refractivity contribution in [2.45, 2.75) is 38.5 Å². The molecule has 3 aromatic rings. The van der Waals surface area contributed by atoms with Crippen molar-refractivity contribution < 1.29 is 9.90 Å². The summed E-state index contributed by atoms with van der Waals surface area (Å²) in [6, 6.07) is 17.6. The van der Waals surface area contributed by atoms with Gasteiger partial charge in [0.05, 0.1) is 0 Å². The van der Waals surface area contributed by atoms with Crippen LogP contribution in [-0.2, 0) is 4.79 Å². The van der Waals surface area contributed by atoms with Gasteiger partial charge in [-0.3, -0.25) is 9.78 Å². The number of pyridine rings is 1. The van der Waals surface area contributed by atoms with Crippen LogP contribution in [0.3, 0.4) is 0 Å². The molecule has 1 unspecified atom stereocenters. The van der Waals surface area contributed by atoms with Gasteiger partial charge in [-0.25, -0.2) is 0 Å². The number of aromatic hydroxyl groups is 1. The van der Waals surface area contributed by atoms with Gasteiger partial charge in [0.1, 0.15) is 17.0 Å². The second kappa shape index (κ2) is 7.93. The van der Waals surface area contributed by atoms with E-state index in [1.54, 1.807) is 6.20 Å². The molecule has 0 saturated heterocycles. The van der Waals surface area contributed by atoms with Gasteiger partial charge in [-0.05, 0) is 18.1 Å². The fourth-order valence-corrected chi connectivity index (χ4v) is 3.22. The smallest absolute Gasteiger partial charge is 0.145 e. The maximum Gasteiger partial charge on any atom is 0.145 e. The van der Waals surface area contributed by atoms with Crippen molar-refractivity contribution in [3.63, 3.8) is 0 Å². The molecule has 1 atom stereocenters. The summed E-state index contributed by atoms with van der Waals surface area (Å²) in [4.78, 5) is 16.7. The summed E-state index contributed by atoms with van der Waals surface area (Å²) in [6.45, 7) is 2.09. The first-order valence-corrected chi connectivity index (χ1v) is 8.84. The van der Waals surface area contributed by atoms with Gasteiger partial charge in [-0.15, -0.1) is 0 Å². The Kier molecular flexibility index (Phi) is 5.44.